The Hall–Kier alpha value is -2.08. The van der Waals surface area contributed by atoms with Gasteiger partial charge in [0.05, 0.1) is 6.54 Å². The number of nitrogens with zero attached hydrogens (tertiary/aromatic N) is 3. The van der Waals surface area contributed by atoms with E-state index < -0.39 is 0 Å². The van der Waals surface area contributed by atoms with Crippen LogP contribution in [0.25, 0.3) is 0 Å². The number of hydrogen-bond acceptors (Lipinski definition) is 4. The molecule has 132 valence electrons. The first-order valence-electron chi connectivity index (χ1n) is 8.45. The summed E-state index contributed by atoms with van der Waals surface area (Å²) in [7, 11) is 3.93. The Morgan fingerprint density at radius 1 is 1.17 bits per heavy atom. The molecule has 1 aliphatic rings. The third kappa shape index (κ3) is 4.96. The van der Waals surface area contributed by atoms with E-state index in [1.165, 1.54) is 0 Å². The molecule has 1 fully saturated rings. The predicted octanol–water partition coefficient (Wildman–Crippen LogP) is 1.04. The number of nitrogens with one attached hydrogen (secondary N) is 1. The minimum atomic E-state index is 0.0449. The number of anilines is 1. The van der Waals surface area contributed by atoms with Crippen molar-refractivity contribution >= 4 is 17.5 Å². The van der Waals surface area contributed by atoms with E-state index in [0.717, 1.165) is 18.8 Å². The molecule has 24 heavy (non-hydrogen) atoms. The zero-order valence-corrected chi connectivity index (χ0v) is 15.1. The van der Waals surface area contributed by atoms with Gasteiger partial charge in [-0.25, -0.2) is 0 Å². The Labute approximate surface area is 144 Å². The van der Waals surface area contributed by atoms with Crippen LogP contribution in [0, 0.1) is 0 Å². The second-order valence-electron chi connectivity index (χ2n) is 6.74. The van der Waals surface area contributed by atoms with Crippen molar-refractivity contribution in [2.24, 2.45) is 0 Å². The van der Waals surface area contributed by atoms with Gasteiger partial charge in [0.25, 0.3) is 5.91 Å². The monoisotopic (exact) mass is 332 g/mol. The fourth-order valence-corrected chi connectivity index (χ4v) is 2.78. The molecule has 0 atom stereocenters. The zero-order chi connectivity index (χ0) is 17.7. The third-order valence-electron chi connectivity index (χ3n) is 4.09. The number of benzene rings is 1. The van der Waals surface area contributed by atoms with Crippen molar-refractivity contribution in [1.29, 1.82) is 0 Å². The highest BCUT2D eigenvalue weighted by Crippen LogP contribution is 2.16. The highest BCUT2D eigenvalue weighted by molar-refractivity contribution is 5.95. The molecule has 0 unspecified atom stereocenters. The van der Waals surface area contributed by atoms with Crippen LogP contribution in [0.3, 0.4) is 0 Å². The van der Waals surface area contributed by atoms with E-state index in [1.54, 1.807) is 0 Å². The highest BCUT2D eigenvalue weighted by atomic mass is 16.2. The Bertz CT molecular complexity index is 578. The lowest BCUT2D eigenvalue weighted by Crippen LogP contribution is -2.51. The van der Waals surface area contributed by atoms with Crippen LogP contribution in [-0.2, 0) is 4.79 Å². The summed E-state index contributed by atoms with van der Waals surface area (Å²) in [5.74, 6) is 0.105. The van der Waals surface area contributed by atoms with Gasteiger partial charge in [-0.05, 0) is 32.0 Å². The molecule has 6 nitrogen and oxygen atoms in total. The van der Waals surface area contributed by atoms with Gasteiger partial charge in [-0.2, -0.15) is 0 Å². The van der Waals surface area contributed by atoms with Crippen molar-refractivity contribution < 1.29 is 9.59 Å². The molecular weight excluding hydrogens is 304 g/mol. The first kappa shape index (κ1) is 18.3. The zero-order valence-electron chi connectivity index (χ0n) is 15.1. The Balaban J connectivity index is 1.89. The molecule has 1 heterocycles. The molecule has 0 spiro atoms. The molecule has 0 bridgehead atoms. The smallest absolute Gasteiger partial charge is 0.254 e. The van der Waals surface area contributed by atoms with Crippen LogP contribution in [0.15, 0.2) is 24.3 Å². The van der Waals surface area contributed by atoms with Crippen molar-refractivity contribution in [1.82, 2.24) is 15.1 Å². The Morgan fingerprint density at radius 2 is 1.83 bits per heavy atom. The van der Waals surface area contributed by atoms with E-state index in [4.69, 9.17) is 0 Å². The topological polar surface area (TPSA) is 55.9 Å². The SMILES string of the molecule is CC(C)NC(=O)CN1CCN(C(=O)c2cccc(N(C)C)c2)CC1. The van der Waals surface area contributed by atoms with Gasteiger partial charge in [-0.1, -0.05) is 6.07 Å². The van der Waals surface area contributed by atoms with Gasteiger partial charge >= 0.3 is 0 Å². The fraction of sp³-hybridized carbons (Fsp3) is 0.556. The summed E-state index contributed by atoms with van der Waals surface area (Å²) in [6, 6.07) is 7.84. The van der Waals surface area contributed by atoms with Crippen LogP contribution in [0.2, 0.25) is 0 Å². The summed E-state index contributed by atoms with van der Waals surface area (Å²) in [5.41, 5.74) is 1.73. The summed E-state index contributed by atoms with van der Waals surface area (Å²) in [5, 5.41) is 2.90. The standard InChI is InChI=1S/C18H28N4O2/c1-14(2)19-17(23)13-21-8-10-22(11-9-21)18(24)15-6-5-7-16(12-15)20(3)4/h5-7,12,14H,8-11,13H2,1-4H3,(H,19,23). The number of amides is 2. The van der Waals surface area contributed by atoms with E-state index >= 15 is 0 Å². The van der Waals surface area contributed by atoms with Gasteiger partial charge in [0.2, 0.25) is 5.91 Å². The Kier molecular flexibility index (Phi) is 6.20. The van der Waals surface area contributed by atoms with Crippen molar-refractivity contribution in [2.45, 2.75) is 19.9 Å². The molecular formula is C18H28N4O2. The fourth-order valence-electron chi connectivity index (χ4n) is 2.78. The number of carbonyl (C=O) groups excluding carboxylic acids is 2. The molecule has 1 aliphatic heterocycles. The summed E-state index contributed by atoms with van der Waals surface area (Å²) < 4.78 is 0. The second kappa shape index (κ2) is 8.15. The largest absolute Gasteiger partial charge is 0.378 e. The summed E-state index contributed by atoms with van der Waals surface area (Å²) in [6.45, 7) is 7.07. The molecule has 2 amide bonds. The maximum Gasteiger partial charge on any atom is 0.254 e. The van der Waals surface area contributed by atoms with E-state index in [1.807, 2.05) is 62.0 Å². The minimum absolute atomic E-state index is 0.0449. The summed E-state index contributed by atoms with van der Waals surface area (Å²) >= 11 is 0. The number of piperazine rings is 1. The lowest BCUT2D eigenvalue weighted by molar-refractivity contribution is -0.123. The predicted molar refractivity (Wildman–Crippen MR) is 96.4 cm³/mol. The normalized spacial score (nSPS) is 15.5. The average molecular weight is 332 g/mol. The van der Waals surface area contributed by atoms with Crippen LogP contribution >= 0.6 is 0 Å². The molecule has 1 aromatic carbocycles. The van der Waals surface area contributed by atoms with E-state index in [2.05, 4.69) is 10.2 Å². The minimum Gasteiger partial charge on any atom is -0.378 e. The van der Waals surface area contributed by atoms with Crippen molar-refractivity contribution in [3.63, 3.8) is 0 Å². The molecule has 6 heteroatoms. The van der Waals surface area contributed by atoms with E-state index in [9.17, 15) is 9.59 Å². The van der Waals surface area contributed by atoms with Crippen LogP contribution in [0.5, 0.6) is 0 Å². The summed E-state index contributed by atoms with van der Waals surface area (Å²) in [4.78, 5) is 30.4. The molecule has 1 saturated heterocycles. The van der Waals surface area contributed by atoms with Crippen molar-refractivity contribution in [2.75, 3.05) is 51.7 Å². The third-order valence-corrected chi connectivity index (χ3v) is 4.09. The van der Waals surface area contributed by atoms with Gasteiger partial charge in [0.15, 0.2) is 0 Å². The van der Waals surface area contributed by atoms with Gasteiger partial charge < -0.3 is 15.1 Å². The maximum atomic E-state index is 12.7. The second-order valence-corrected chi connectivity index (χ2v) is 6.74. The highest BCUT2D eigenvalue weighted by Gasteiger charge is 2.23. The van der Waals surface area contributed by atoms with Crippen LogP contribution in [-0.4, -0.2) is 74.5 Å². The maximum absolute atomic E-state index is 12.7. The van der Waals surface area contributed by atoms with Crippen LogP contribution in [0.4, 0.5) is 5.69 Å². The lowest BCUT2D eigenvalue weighted by atomic mass is 10.1. The Morgan fingerprint density at radius 3 is 2.42 bits per heavy atom. The molecule has 0 radical (unpaired) electrons. The van der Waals surface area contributed by atoms with Crippen LogP contribution < -0.4 is 10.2 Å². The van der Waals surface area contributed by atoms with Crippen LogP contribution in [0.1, 0.15) is 24.2 Å². The quantitative estimate of drug-likeness (QED) is 0.875. The lowest BCUT2D eigenvalue weighted by Gasteiger charge is -2.34. The number of rotatable bonds is 5. The number of carbonyl (C=O) groups is 2. The molecule has 1 aromatic rings. The first-order valence-corrected chi connectivity index (χ1v) is 8.45. The van der Waals surface area contributed by atoms with Crippen molar-refractivity contribution in [3.05, 3.63) is 29.8 Å². The molecule has 0 aliphatic carbocycles. The average Bonchev–Trinajstić information content (AvgIpc) is 2.54. The molecule has 0 aromatic heterocycles. The van der Waals surface area contributed by atoms with Gasteiger partial charge in [-0.15, -0.1) is 0 Å². The van der Waals surface area contributed by atoms with Gasteiger partial charge in [0, 0.05) is 57.6 Å². The number of hydrogen-bond donors (Lipinski definition) is 1. The van der Waals surface area contributed by atoms with Crippen molar-refractivity contribution in [3.8, 4) is 0 Å². The van der Waals surface area contributed by atoms with Gasteiger partial charge in [0.1, 0.15) is 0 Å². The summed E-state index contributed by atoms with van der Waals surface area (Å²) in [6.07, 6.45) is 0. The molecule has 0 saturated carbocycles. The van der Waals surface area contributed by atoms with E-state index in [-0.39, 0.29) is 17.9 Å². The van der Waals surface area contributed by atoms with E-state index in [0.29, 0.717) is 25.2 Å². The van der Waals surface area contributed by atoms with Gasteiger partial charge in [-0.3, -0.25) is 14.5 Å². The molecule has 2 rings (SSSR count). The first-order chi connectivity index (χ1) is 11.4. The molecule has 1 N–H and O–H groups in total.